The van der Waals surface area contributed by atoms with E-state index in [1.165, 1.54) is 4.68 Å². The van der Waals surface area contributed by atoms with Crippen molar-refractivity contribution in [1.29, 1.82) is 0 Å². The number of nitrogens with one attached hydrogen (secondary N) is 1. The van der Waals surface area contributed by atoms with Gasteiger partial charge < -0.3 is 15.2 Å². The zero-order valence-electron chi connectivity index (χ0n) is 13.0. The van der Waals surface area contributed by atoms with Gasteiger partial charge in [-0.2, -0.15) is 5.10 Å². The molecule has 0 aliphatic carbocycles. The predicted octanol–water partition coefficient (Wildman–Crippen LogP) is 2.77. The second kappa shape index (κ2) is 6.98. The average molecular weight is 303 g/mol. The van der Waals surface area contributed by atoms with Gasteiger partial charge in [0, 0.05) is 19.8 Å². The molecule has 6 nitrogen and oxygen atoms in total. The van der Waals surface area contributed by atoms with Crippen LogP contribution in [0, 0.1) is 5.92 Å². The number of aromatic nitrogens is 2. The quantitative estimate of drug-likeness (QED) is 0.822. The van der Waals surface area contributed by atoms with E-state index in [1.807, 2.05) is 24.3 Å². The van der Waals surface area contributed by atoms with Crippen molar-refractivity contribution in [1.82, 2.24) is 9.78 Å². The van der Waals surface area contributed by atoms with Gasteiger partial charge in [0.1, 0.15) is 5.75 Å². The van der Waals surface area contributed by atoms with Gasteiger partial charge in [-0.25, -0.2) is 4.79 Å². The fourth-order valence-electron chi connectivity index (χ4n) is 1.94. The molecule has 0 aliphatic rings. The zero-order valence-corrected chi connectivity index (χ0v) is 13.0. The van der Waals surface area contributed by atoms with E-state index in [9.17, 15) is 4.79 Å². The summed E-state index contributed by atoms with van der Waals surface area (Å²) in [6, 6.07) is 7.75. The molecule has 0 amide bonds. The van der Waals surface area contributed by atoms with Crippen molar-refractivity contribution in [2.24, 2.45) is 13.0 Å². The molecule has 118 valence electrons. The van der Waals surface area contributed by atoms with Crippen molar-refractivity contribution >= 4 is 11.7 Å². The van der Waals surface area contributed by atoms with Crippen LogP contribution in [0.1, 0.15) is 29.9 Å². The molecule has 0 unspecified atom stereocenters. The predicted molar refractivity (Wildman–Crippen MR) is 84.3 cm³/mol. The number of carbonyl (C=O) groups is 1. The van der Waals surface area contributed by atoms with Gasteiger partial charge in [-0.1, -0.05) is 26.0 Å². The fourth-order valence-corrected chi connectivity index (χ4v) is 1.94. The summed E-state index contributed by atoms with van der Waals surface area (Å²) in [5.41, 5.74) is 1.58. The summed E-state index contributed by atoms with van der Waals surface area (Å²) >= 11 is 0. The van der Waals surface area contributed by atoms with Gasteiger partial charge in [-0.15, -0.1) is 0 Å². The monoisotopic (exact) mass is 303 g/mol. The largest absolute Gasteiger partial charge is 0.493 e. The van der Waals surface area contributed by atoms with E-state index >= 15 is 0 Å². The standard InChI is InChI=1S/C16H21N3O3/c1-11(2)10-22-13-6-4-12(5-7-13)8-17-14-9-19(3)18-15(14)16(20)21/h4-7,9,11,17H,8,10H2,1-3H3,(H,20,21). The van der Waals surface area contributed by atoms with Gasteiger partial charge in [-0.05, 0) is 23.6 Å². The van der Waals surface area contributed by atoms with E-state index < -0.39 is 5.97 Å². The highest BCUT2D eigenvalue weighted by Crippen LogP contribution is 2.17. The van der Waals surface area contributed by atoms with Crippen molar-refractivity contribution in [3.8, 4) is 5.75 Å². The molecule has 2 rings (SSSR count). The molecule has 1 aromatic heterocycles. The lowest BCUT2D eigenvalue weighted by Crippen LogP contribution is -2.06. The first kappa shape index (κ1) is 15.9. The highest BCUT2D eigenvalue weighted by Gasteiger charge is 2.14. The van der Waals surface area contributed by atoms with E-state index in [0.717, 1.165) is 11.3 Å². The van der Waals surface area contributed by atoms with Gasteiger partial charge in [0.25, 0.3) is 0 Å². The number of aryl methyl sites for hydroxylation is 1. The smallest absolute Gasteiger partial charge is 0.358 e. The Morgan fingerprint density at radius 1 is 1.36 bits per heavy atom. The molecule has 0 bridgehead atoms. The first-order chi connectivity index (χ1) is 10.5. The number of hydrogen-bond donors (Lipinski definition) is 2. The number of benzene rings is 1. The van der Waals surface area contributed by atoms with Crippen LogP contribution in [0.4, 0.5) is 5.69 Å². The van der Waals surface area contributed by atoms with Crippen LogP contribution in [0.25, 0.3) is 0 Å². The third-order valence-electron chi connectivity index (χ3n) is 3.02. The van der Waals surface area contributed by atoms with E-state index in [2.05, 4.69) is 24.3 Å². The number of aromatic carboxylic acids is 1. The Hall–Kier alpha value is -2.50. The molecule has 22 heavy (non-hydrogen) atoms. The fraction of sp³-hybridized carbons (Fsp3) is 0.375. The van der Waals surface area contributed by atoms with Crippen molar-refractivity contribution < 1.29 is 14.6 Å². The Labute approximate surface area is 129 Å². The Morgan fingerprint density at radius 2 is 2.05 bits per heavy atom. The van der Waals surface area contributed by atoms with Gasteiger partial charge >= 0.3 is 5.97 Å². The van der Waals surface area contributed by atoms with Crippen LogP contribution >= 0.6 is 0 Å². The zero-order chi connectivity index (χ0) is 16.1. The Morgan fingerprint density at radius 3 is 2.64 bits per heavy atom. The molecule has 2 N–H and O–H groups in total. The number of anilines is 1. The van der Waals surface area contributed by atoms with E-state index in [4.69, 9.17) is 9.84 Å². The van der Waals surface area contributed by atoms with Crippen LogP contribution in [0.2, 0.25) is 0 Å². The summed E-state index contributed by atoms with van der Waals surface area (Å²) in [6.45, 7) is 5.42. The van der Waals surface area contributed by atoms with Crippen LogP contribution in [0.5, 0.6) is 5.75 Å². The maximum Gasteiger partial charge on any atom is 0.358 e. The van der Waals surface area contributed by atoms with Crippen LogP contribution in [-0.2, 0) is 13.6 Å². The normalized spacial score (nSPS) is 10.7. The minimum Gasteiger partial charge on any atom is -0.493 e. The first-order valence-electron chi connectivity index (χ1n) is 7.18. The Kier molecular flexibility index (Phi) is 5.04. The Balaban J connectivity index is 1.96. The lowest BCUT2D eigenvalue weighted by atomic mass is 10.2. The first-order valence-corrected chi connectivity index (χ1v) is 7.18. The number of carboxylic acid groups (broad SMARTS) is 1. The summed E-state index contributed by atoms with van der Waals surface area (Å²) in [4.78, 5) is 11.1. The lowest BCUT2D eigenvalue weighted by molar-refractivity contribution is 0.0690. The highest BCUT2D eigenvalue weighted by molar-refractivity contribution is 5.91. The molecule has 0 spiro atoms. The molecular weight excluding hydrogens is 282 g/mol. The Bertz CT molecular complexity index is 633. The molecule has 2 aromatic rings. The van der Waals surface area contributed by atoms with Gasteiger partial charge in [-0.3, -0.25) is 4.68 Å². The SMILES string of the molecule is CC(C)COc1ccc(CNc2cn(C)nc2C(=O)O)cc1. The molecule has 1 aromatic carbocycles. The third-order valence-corrected chi connectivity index (χ3v) is 3.02. The molecule has 0 atom stereocenters. The third kappa shape index (κ3) is 4.25. The lowest BCUT2D eigenvalue weighted by Gasteiger charge is -2.10. The summed E-state index contributed by atoms with van der Waals surface area (Å²) in [5, 5.41) is 16.1. The summed E-state index contributed by atoms with van der Waals surface area (Å²) in [6.07, 6.45) is 1.66. The number of ether oxygens (including phenoxy) is 1. The maximum atomic E-state index is 11.1. The summed E-state index contributed by atoms with van der Waals surface area (Å²) in [7, 11) is 1.69. The minimum absolute atomic E-state index is 0.0272. The molecule has 0 aliphatic heterocycles. The van der Waals surface area contributed by atoms with E-state index in [1.54, 1.807) is 13.2 Å². The van der Waals surface area contributed by atoms with E-state index in [-0.39, 0.29) is 5.69 Å². The molecule has 0 saturated carbocycles. The molecule has 0 radical (unpaired) electrons. The van der Waals surface area contributed by atoms with Gasteiger partial charge in [0.2, 0.25) is 0 Å². The summed E-state index contributed by atoms with van der Waals surface area (Å²) < 4.78 is 7.11. The van der Waals surface area contributed by atoms with Crippen LogP contribution in [-0.4, -0.2) is 27.5 Å². The number of carboxylic acids is 1. The van der Waals surface area contributed by atoms with Crippen molar-refractivity contribution in [3.05, 3.63) is 41.7 Å². The molecular formula is C16H21N3O3. The van der Waals surface area contributed by atoms with Crippen molar-refractivity contribution in [2.45, 2.75) is 20.4 Å². The number of rotatable bonds is 7. The highest BCUT2D eigenvalue weighted by atomic mass is 16.5. The maximum absolute atomic E-state index is 11.1. The molecule has 6 heteroatoms. The molecule has 0 saturated heterocycles. The average Bonchev–Trinajstić information content (AvgIpc) is 2.85. The second-order valence-corrected chi connectivity index (χ2v) is 5.57. The molecule has 1 heterocycles. The molecule has 0 fully saturated rings. The van der Waals surface area contributed by atoms with Crippen LogP contribution in [0.3, 0.4) is 0 Å². The van der Waals surface area contributed by atoms with E-state index in [0.29, 0.717) is 24.8 Å². The van der Waals surface area contributed by atoms with Crippen molar-refractivity contribution in [2.75, 3.05) is 11.9 Å². The number of hydrogen-bond acceptors (Lipinski definition) is 4. The van der Waals surface area contributed by atoms with Gasteiger partial charge in [0.15, 0.2) is 5.69 Å². The van der Waals surface area contributed by atoms with Gasteiger partial charge in [0.05, 0.1) is 12.3 Å². The van der Waals surface area contributed by atoms with Crippen LogP contribution < -0.4 is 10.1 Å². The topological polar surface area (TPSA) is 76.4 Å². The van der Waals surface area contributed by atoms with Crippen LogP contribution in [0.15, 0.2) is 30.5 Å². The van der Waals surface area contributed by atoms with Crippen molar-refractivity contribution in [3.63, 3.8) is 0 Å². The minimum atomic E-state index is -1.04. The summed E-state index contributed by atoms with van der Waals surface area (Å²) in [5.74, 6) is 0.284. The number of nitrogens with zero attached hydrogens (tertiary/aromatic N) is 2. The second-order valence-electron chi connectivity index (χ2n) is 5.57.